The van der Waals surface area contributed by atoms with E-state index in [1.54, 1.807) is 0 Å². The van der Waals surface area contributed by atoms with E-state index < -0.39 is 17.6 Å². The number of carbonyl (C=O) groups excluding carboxylic acids is 1. The minimum atomic E-state index is -0.982. The van der Waals surface area contributed by atoms with Crippen LogP contribution < -0.4 is 0 Å². The van der Waals surface area contributed by atoms with Crippen molar-refractivity contribution in [3.63, 3.8) is 0 Å². The van der Waals surface area contributed by atoms with E-state index in [1.165, 1.54) is 7.11 Å². The molecule has 4 nitrogen and oxygen atoms in total. The van der Waals surface area contributed by atoms with Crippen LogP contribution in [-0.4, -0.2) is 29.4 Å². The molecule has 3 rings (SSSR count). The second-order valence-corrected chi connectivity index (χ2v) is 8.59. The first kappa shape index (κ1) is 18.4. The maximum Gasteiger partial charge on any atom is 0.311 e. The molecule has 2 N–H and O–H groups in total. The number of rotatable bonds is 2. The Bertz CT molecular complexity index is 682. The molecule has 0 aromatic heterocycles. The van der Waals surface area contributed by atoms with E-state index in [1.807, 2.05) is 13.0 Å². The molecule has 0 heterocycles. The lowest BCUT2D eigenvalue weighted by Crippen LogP contribution is -2.59. The van der Waals surface area contributed by atoms with Gasteiger partial charge in [0.1, 0.15) is 6.10 Å². The molecule has 0 saturated heterocycles. The molecule has 5 atom stereocenters. The summed E-state index contributed by atoms with van der Waals surface area (Å²) in [6.45, 7) is 8.24. The Morgan fingerprint density at radius 3 is 2.52 bits per heavy atom. The molecule has 1 fully saturated rings. The lowest BCUT2D eigenvalue weighted by Gasteiger charge is -2.56. The third-order valence-corrected chi connectivity index (χ3v) is 6.76. The van der Waals surface area contributed by atoms with Gasteiger partial charge in [0.25, 0.3) is 0 Å². The molecule has 1 aromatic rings. The minimum absolute atomic E-state index is 0.295. The Kier molecular flexibility index (Phi) is 4.49. The summed E-state index contributed by atoms with van der Waals surface area (Å²) in [7, 11) is 1.40. The van der Waals surface area contributed by atoms with Gasteiger partial charge in [-0.1, -0.05) is 45.4 Å². The summed E-state index contributed by atoms with van der Waals surface area (Å²) in [6.07, 6.45) is 0.496. The maximum atomic E-state index is 12.6. The first-order valence-electron chi connectivity index (χ1n) is 9.25. The van der Waals surface area contributed by atoms with E-state index in [9.17, 15) is 15.0 Å². The lowest BCUT2D eigenvalue weighted by molar-refractivity contribution is -0.175. The van der Waals surface area contributed by atoms with Gasteiger partial charge in [0.05, 0.1) is 18.6 Å². The second-order valence-electron chi connectivity index (χ2n) is 8.59. The van der Waals surface area contributed by atoms with Gasteiger partial charge in [0, 0.05) is 5.92 Å². The fraction of sp³-hybridized carbons (Fsp3) is 0.667. The highest BCUT2D eigenvalue weighted by Crippen LogP contribution is 2.59. The Balaban J connectivity index is 2.18. The fourth-order valence-electron chi connectivity index (χ4n) is 5.43. The van der Waals surface area contributed by atoms with Gasteiger partial charge in [0.2, 0.25) is 0 Å². The molecule has 1 aromatic carbocycles. The number of benzene rings is 1. The Morgan fingerprint density at radius 1 is 1.24 bits per heavy atom. The predicted octanol–water partition coefficient (Wildman–Crippen LogP) is 3.46. The Hall–Kier alpha value is -1.39. The maximum absolute atomic E-state index is 12.6. The van der Waals surface area contributed by atoms with Gasteiger partial charge in [-0.2, -0.15) is 0 Å². The number of methoxy groups -OCH3 is 1. The molecule has 25 heavy (non-hydrogen) atoms. The number of esters is 1. The normalized spacial score (nSPS) is 37.4. The van der Waals surface area contributed by atoms with Crippen LogP contribution in [0, 0.1) is 11.3 Å². The summed E-state index contributed by atoms with van der Waals surface area (Å²) in [6, 6.07) is 6.23. The smallest absolute Gasteiger partial charge is 0.311 e. The highest BCUT2D eigenvalue weighted by atomic mass is 16.5. The third-order valence-electron chi connectivity index (χ3n) is 6.76. The first-order chi connectivity index (χ1) is 11.7. The molecule has 4 heteroatoms. The monoisotopic (exact) mass is 346 g/mol. The first-order valence-corrected chi connectivity index (χ1v) is 9.25. The van der Waals surface area contributed by atoms with E-state index in [0.717, 1.165) is 29.5 Å². The highest BCUT2D eigenvalue weighted by Gasteiger charge is 2.61. The molecule has 0 unspecified atom stereocenters. The lowest BCUT2D eigenvalue weighted by atomic mass is 9.48. The molecule has 0 radical (unpaired) electrons. The largest absolute Gasteiger partial charge is 0.469 e. The Labute approximate surface area is 150 Å². The van der Waals surface area contributed by atoms with Crippen LogP contribution in [0.2, 0.25) is 0 Å². The molecule has 2 aliphatic rings. The molecular formula is C21H30O4. The number of ether oxygens (including phenoxy) is 1. The van der Waals surface area contributed by atoms with Crippen LogP contribution in [0.25, 0.3) is 0 Å². The van der Waals surface area contributed by atoms with E-state index in [4.69, 9.17) is 4.74 Å². The van der Waals surface area contributed by atoms with Gasteiger partial charge in [-0.25, -0.2) is 0 Å². The molecule has 0 bridgehead atoms. The van der Waals surface area contributed by atoms with Gasteiger partial charge in [-0.05, 0) is 47.8 Å². The van der Waals surface area contributed by atoms with Crippen molar-refractivity contribution in [2.75, 3.05) is 7.11 Å². The molecule has 1 saturated carbocycles. The fourth-order valence-corrected chi connectivity index (χ4v) is 5.43. The van der Waals surface area contributed by atoms with Gasteiger partial charge in [-0.15, -0.1) is 0 Å². The number of hydrogen-bond donors (Lipinski definition) is 2. The van der Waals surface area contributed by atoms with Gasteiger partial charge in [-0.3, -0.25) is 4.79 Å². The third kappa shape index (κ3) is 2.53. The molecule has 138 valence electrons. The second kappa shape index (κ2) is 6.10. The molecule has 0 aliphatic heterocycles. The zero-order chi connectivity index (χ0) is 18.6. The standard InChI is InChI=1S/C21H30O4/c1-12(2)13-7-8-15-14(11-13)16(22)17(23)18-20(15,3)9-6-10-21(18,4)19(24)25-5/h7-8,11-12,16-18,22-23H,6,9-10H2,1-5H3/t16-,17-,18+,20-,21-/m1/s1. The van der Waals surface area contributed by atoms with Crippen molar-refractivity contribution in [2.24, 2.45) is 11.3 Å². The van der Waals surface area contributed by atoms with Crippen LogP contribution in [0.15, 0.2) is 18.2 Å². The molecule has 0 amide bonds. The van der Waals surface area contributed by atoms with Crippen molar-refractivity contribution in [1.82, 2.24) is 0 Å². The molecular weight excluding hydrogens is 316 g/mol. The van der Waals surface area contributed by atoms with Crippen molar-refractivity contribution in [2.45, 2.75) is 70.5 Å². The average Bonchev–Trinajstić information content (AvgIpc) is 2.58. The van der Waals surface area contributed by atoms with Gasteiger partial charge < -0.3 is 14.9 Å². The van der Waals surface area contributed by atoms with Gasteiger partial charge >= 0.3 is 5.97 Å². The van der Waals surface area contributed by atoms with Crippen molar-refractivity contribution < 1.29 is 19.7 Å². The summed E-state index contributed by atoms with van der Waals surface area (Å²) < 4.78 is 5.08. The number of carbonyl (C=O) groups is 1. The van der Waals surface area contributed by atoms with E-state index in [-0.39, 0.29) is 17.3 Å². The number of aliphatic hydroxyl groups is 2. The van der Waals surface area contributed by atoms with E-state index >= 15 is 0 Å². The Morgan fingerprint density at radius 2 is 1.92 bits per heavy atom. The highest BCUT2D eigenvalue weighted by molar-refractivity contribution is 5.77. The van der Waals surface area contributed by atoms with Crippen LogP contribution in [0.1, 0.15) is 75.7 Å². The van der Waals surface area contributed by atoms with Crippen molar-refractivity contribution in [1.29, 1.82) is 0 Å². The predicted molar refractivity (Wildman–Crippen MR) is 96.3 cm³/mol. The van der Waals surface area contributed by atoms with Crippen molar-refractivity contribution >= 4 is 5.97 Å². The van der Waals surface area contributed by atoms with Crippen LogP contribution in [-0.2, 0) is 14.9 Å². The molecule has 2 aliphatic carbocycles. The topological polar surface area (TPSA) is 66.8 Å². The average molecular weight is 346 g/mol. The van der Waals surface area contributed by atoms with Crippen LogP contribution in [0.5, 0.6) is 0 Å². The summed E-state index contributed by atoms with van der Waals surface area (Å²) >= 11 is 0. The molecule has 0 spiro atoms. The summed E-state index contributed by atoms with van der Waals surface area (Å²) in [5.41, 5.74) is 1.88. The van der Waals surface area contributed by atoms with Crippen LogP contribution in [0.4, 0.5) is 0 Å². The van der Waals surface area contributed by atoms with Crippen LogP contribution >= 0.6 is 0 Å². The number of hydrogen-bond acceptors (Lipinski definition) is 4. The number of aliphatic hydroxyl groups excluding tert-OH is 2. The summed E-state index contributed by atoms with van der Waals surface area (Å²) in [4.78, 5) is 12.6. The van der Waals surface area contributed by atoms with Crippen molar-refractivity contribution in [3.8, 4) is 0 Å². The van der Waals surface area contributed by atoms with Gasteiger partial charge in [0.15, 0.2) is 0 Å². The SMILES string of the molecule is COC(=O)[C@]1(C)CCC[C@]2(C)c3ccc(C(C)C)cc3[C@@H](O)[C@@H](O)[C@H]12. The van der Waals surface area contributed by atoms with E-state index in [2.05, 4.69) is 32.9 Å². The summed E-state index contributed by atoms with van der Waals surface area (Å²) in [5, 5.41) is 21.9. The summed E-state index contributed by atoms with van der Waals surface area (Å²) in [5.74, 6) is -0.308. The number of fused-ring (bicyclic) bond motifs is 3. The minimum Gasteiger partial charge on any atom is -0.469 e. The van der Waals surface area contributed by atoms with Crippen molar-refractivity contribution in [3.05, 3.63) is 34.9 Å². The quantitative estimate of drug-likeness (QED) is 0.805. The van der Waals surface area contributed by atoms with Crippen LogP contribution in [0.3, 0.4) is 0 Å². The zero-order valence-electron chi connectivity index (χ0n) is 15.9. The zero-order valence-corrected chi connectivity index (χ0v) is 15.9. The van der Waals surface area contributed by atoms with E-state index in [0.29, 0.717) is 12.3 Å².